The summed E-state index contributed by atoms with van der Waals surface area (Å²) < 4.78 is 38.2. The van der Waals surface area contributed by atoms with Gasteiger partial charge in [-0.3, -0.25) is 0 Å². The molecule has 3 aromatic carbocycles. The lowest BCUT2D eigenvalue weighted by molar-refractivity contribution is -0.137. The highest BCUT2D eigenvalue weighted by atomic mass is 19.4. The van der Waals surface area contributed by atoms with Gasteiger partial charge in [0, 0.05) is 17.4 Å². The van der Waals surface area contributed by atoms with Gasteiger partial charge in [0.15, 0.2) is 0 Å². The lowest BCUT2D eigenvalue weighted by atomic mass is 10.1. The molecule has 1 aromatic heterocycles. The van der Waals surface area contributed by atoms with Gasteiger partial charge in [-0.1, -0.05) is 12.1 Å². The maximum absolute atomic E-state index is 12.7. The summed E-state index contributed by atoms with van der Waals surface area (Å²) in [4.78, 5) is 19.7. The first-order chi connectivity index (χ1) is 16.7. The molecule has 3 N–H and O–H groups in total. The molecule has 0 aliphatic carbocycles. The highest BCUT2D eigenvalue weighted by Gasteiger charge is 2.29. The molecule has 0 bridgehead atoms. The van der Waals surface area contributed by atoms with Gasteiger partial charge in [0.05, 0.1) is 22.6 Å². The topological polar surface area (TPSA) is 120 Å². The molecular formula is C24H16F3N5O3. The summed E-state index contributed by atoms with van der Waals surface area (Å²) in [6.45, 7) is 0. The van der Waals surface area contributed by atoms with Crippen LogP contribution in [0.25, 0.3) is 11.3 Å². The van der Waals surface area contributed by atoms with E-state index in [1.54, 1.807) is 30.3 Å². The zero-order valence-electron chi connectivity index (χ0n) is 17.7. The van der Waals surface area contributed by atoms with Crippen LogP contribution in [0.5, 0.6) is 5.75 Å². The van der Waals surface area contributed by atoms with Crippen LogP contribution >= 0.6 is 0 Å². The van der Waals surface area contributed by atoms with Gasteiger partial charge in [-0.25, -0.2) is 14.8 Å². The van der Waals surface area contributed by atoms with Crippen LogP contribution in [0.2, 0.25) is 0 Å². The lowest BCUT2D eigenvalue weighted by Crippen LogP contribution is -2.04. The minimum absolute atomic E-state index is 0.194. The quantitative estimate of drug-likeness (QED) is 0.264. The van der Waals surface area contributed by atoms with Crippen molar-refractivity contribution < 1.29 is 28.2 Å². The minimum atomic E-state index is -4.42. The number of benzene rings is 3. The molecule has 0 saturated heterocycles. The van der Waals surface area contributed by atoms with Gasteiger partial charge in [0.25, 0.3) is 0 Å². The number of aromatic nitrogens is 2. The van der Waals surface area contributed by atoms with Crippen LogP contribution in [-0.2, 0) is 6.18 Å². The summed E-state index contributed by atoms with van der Waals surface area (Å²) >= 11 is 0. The molecule has 1 heterocycles. The Balaban J connectivity index is 1.53. The molecule has 0 aliphatic rings. The Hall–Kier alpha value is -4.80. The van der Waals surface area contributed by atoms with Crippen molar-refractivity contribution in [2.24, 2.45) is 10.2 Å². The summed E-state index contributed by atoms with van der Waals surface area (Å²) in [6, 6.07) is 16.9. The third-order valence-electron chi connectivity index (χ3n) is 4.76. The first-order valence-electron chi connectivity index (χ1n) is 10.0. The average Bonchev–Trinajstić information content (AvgIpc) is 2.83. The Bertz CT molecular complexity index is 1410. The fraction of sp³-hybridized carbons (Fsp3) is 0.0417. The number of aromatic hydroxyl groups is 1. The number of alkyl halides is 3. The maximum Gasteiger partial charge on any atom is 0.416 e. The zero-order chi connectivity index (χ0) is 25.0. The van der Waals surface area contributed by atoms with Gasteiger partial charge < -0.3 is 15.5 Å². The third kappa shape index (κ3) is 5.77. The van der Waals surface area contributed by atoms with Crippen LogP contribution in [0.1, 0.15) is 15.9 Å². The number of nitrogens with zero attached hydrogens (tertiary/aromatic N) is 4. The van der Waals surface area contributed by atoms with Crippen molar-refractivity contribution in [3.63, 3.8) is 0 Å². The summed E-state index contributed by atoms with van der Waals surface area (Å²) in [5.41, 5.74) is 1.27. The Morgan fingerprint density at radius 3 is 2.31 bits per heavy atom. The normalized spacial score (nSPS) is 11.5. The Morgan fingerprint density at radius 1 is 0.914 bits per heavy atom. The van der Waals surface area contributed by atoms with Crippen LogP contribution in [0.15, 0.2) is 89.2 Å². The fourth-order valence-electron chi connectivity index (χ4n) is 3.05. The van der Waals surface area contributed by atoms with Gasteiger partial charge in [0.2, 0.25) is 5.95 Å². The molecule has 0 aliphatic heterocycles. The first-order valence-corrected chi connectivity index (χ1v) is 10.0. The molecule has 0 radical (unpaired) electrons. The standard InChI is InChI=1S/C24H16F3N5O3/c25-24(26,27)15-4-6-16(7-5-15)29-23-28-11-10-20(30-23)14-2-1-3-17(12-14)31-32-18-8-9-21(33)19(13-18)22(34)35/h1-13,33H,(H,34,35)(H,28,29,30). The molecule has 0 atom stereocenters. The van der Waals surface area contributed by atoms with Crippen molar-refractivity contribution >= 4 is 29.0 Å². The number of anilines is 2. The predicted molar refractivity (Wildman–Crippen MR) is 121 cm³/mol. The molecule has 176 valence electrons. The Morgan fingerprint density at radius 2 is 1.63 bits per heavy atom. The molecule has 4 aromatic rings. The van der Waals surface area contributed by atoms with E-state index < -0.39 is 17.7 Å². The van der Waals surface area contributed by atoms with Gasteiger partial charge in [-0.2, -0.15) is 23.4 Å². The first kappa shape index (κ1) is 23.4. The van der Waals surface area contributed by atoms with Crippen LogP contribution in [0.4, 0.5) is 36.2 Å². The highest BCUT2D eigenvalue weighted by Crippen LogP contribution is 2.31. The number of carboxylic acid groups (broad SMARTS) is 1. The molecule has 0 fully saturated rings. The van der Waals surface area contributed by atoms with Crippen molar-refractivity contribution in [3.8, 4) is 17.0 Å². The number of carbonyl (C=O) groups is 1. The molecule has 4 rings (SSSR count). The van der Waals surface area contributed by atoms with Crippen LogP contribution in [0, 0.1) is 0 Å². The van der Waals surface area contributed by atoms with Crippen LogP contribution in [-0.4, -0.2) is 26.2 Å². The largest absolute Gasteiger partial charge is 0.507 e. The fourth-order valence-corrected chi connectivity index (χ4v) is 3.05. The minimum Gasteiger partial charge on any atom is -0.507 e. The predicted octanol–water partition coefficient (Wildman–Crippen LogP) is 6.73. The van der Waals surface area contributed by atoms with E-state index in [0.29, 0.717) is 22.6 Å². The Kier molecular flexibility index (Phi) is 6.40. The van der Waals surface area contributed by atoms with E-state index in [-0.39, 0.29) is 22.9 Å². The van der Waals surface area contributed by atoms with Crippen molar-refractivity contribution in [3.05, 3.63) is 90.1 Å². The molecule has 11 heteroatoms. The van der Waals surface area contributed by atoms with Crippen LogP contribution < -0.4 is 5.32 Å². The summed E-state index contributed by atoms with van der Waals surface area (Å²) in [5, 5.41) is 29.7. The molecule has 0 unspecified atom stereocenters. The molecular weight excluding hydrogens is 463 g/mol. The van der Waals surface area contributed by atoms with E-state index in [9.17, 15) is 23.1 Å². The van der Waals surface area contributed by atoms with Crippen molar-refractivity contribution in [1.82, 2.24) is 9.97 Å². The van der Waals surface area contributed by atoms with E-state index in [1.807, 2.05) is 0 Å². The zero-order valence-corrected chi connectivity index (χ0v) is 17.7. The van der Waals surface area contributed by atoms with Crippen LogP contribution in [0.3, 0.4) is 0 Å². The van der Waals surface area contributed by atoms with Crippen molar-refractivity contribution in [2.75, 3.05) is 5.32 Å². The summed E-state index contributed by atoms with van der Waals surface area (Å²) in [5.74, 6) is -1.46. The number of hydrogen-bond donors (Lipinski definition) is 3. The third-order valence-corrected chi connectivity index (χ3v) is 4.76. The summed E-state index contributed by atoms with van der Waals surface area (Å²) in [6.07, 6.45) is -2.91. The van der Waals surface area contributed by atoms with Gasteiger partial charge in [0.1, 0.15) is 11.3 Å². The number of hydrogen-bond acceptors (Lipinski definition) is 7. The van der Waals surface area contributed by atoms with E-state index in [0.717, 1.165) is 12.1 Å². The monoisotopic (exact) mass is 479 g/mol. The lowest BCUT2D eigenvalue weighted by Gasteiger charge is -2.09. The molecule has 0 amide bonds. The van der Waals surface area contributed by atoms with Crippen molar-refractivity contribution in [2.45, 2.75) is 6.18 Å². The van der Waals surface area contributed by atoms with Gasteiger partial charge >= 0.3 is 12.1 Å². The SMILES string of the molecule is O=C(O)c1cc(N=Nc2cccc(-c3ccnc(Nc4ccc(C(F)(F)F)cc4)n3)c2)ccc1O. The number of phenols is 1. The number of halogens is 3. The second-order valence-electron chi connectivity index (χ2n) is 7.22. The second kappa shape index (κ2) is 9.59. The number of rotatable bonds is 6. The van der Waals surface area contributed by atoms with E-state index in [4.69, 9.17) is 5.11 Å². The molecule has 35 heavy (non-hydrogen) atoms. The number of nitrogens with one attached hydrogen (secondary N) is 1. The highest BCUT2D eigenvalue weighted by molar-refractivity contribution is 5.91. The van der Waals surface area contributed by atoms with Crippen molar-refractivity contribution in [1.29, 1.82) is 0 Å². The molecule has 0 spiro atoms. The summed E-state index contributed by atoms with van der Waals surface area (Å²) in [7, 11) is 0. The van der Waals surface area contributed by atoms with E-state index >= 15 is 0 Å². The van der Waals surface area contributed by atoms with Gasteiger partial charge in [-0.05, 0) is 60.7 Å². The second-order valence-corrected chi connectivity index (χ2v) is 7.22. The molecule has 8 nitrogen and oxygen atoms in total. The number of carboxylic acids is 1. The molecule has 0 saturated carbocycles. The van der Waals surface area contributed by atoms with E-state index in [2.05, 4.69) is 25.5 Å². The average molecular weight is 479 g/mol. The maximum atomic E-state index is 12.7. The Labute approximate surface area is 196 Å². The number of aromatic carboxylic acids is 1. The van der Waals surface area contributed by atoms with Gasteiger partial charge in [-0.15, -0.1) is 0 Å². The smallest absolute Gasteiger partial charge is 0.416 e. The number of azo groups is 1. The van der Waals surface area contributed by atoms with E-state index in [1.165, 1.54) is 36.5 Å².